The van der Waals surface area contributed by atoms with Crippen LogP contribution < -0.4 is 5.11 Å². The summed E-state index contributed by atoms with van der Waals surface area (Å²) in [6.07, 6.45) is 3.92. The van der Waals surface area contributed by atoms with E-state index in [-0.39, 0.29) is 0 Å². The van der Waals surface area contributed by atoms with E-state index in [1.165, 1.54) is 0 Å². The highest BCUT2D eigenvalue weighted by Crippen LogP contribution is 2.13. The molecule has 1 atom stereocenters. The molecular weight excluding hydrogens is 202 g/mol. The van der Waals surface area contributed by atoms with Crippen molar-refractivity contribution in [3.05, 3.63) is 60.4 Å². The Morgan fingerprint density at radius 2 is 1.75 bits per heavy atom. The van der Waals surface area contributed by atoms with Crippen molar-refractivity contribution in [1.82, 2.24) is 4.57 Å². The average molecular weight is 214 g/mol. The molecule has 1 aromatic heterocycles. The van der Waals surface area contributed by atoms with Crippen LogP contribution in [0.4, 0.5) is 0 Å². The van der Waals surface area contributed by atoms with E-state index in [0.717, 1.165) is 5.56 Å². The van der Waals surface area contributed by atoms with Crippen LogP contribution in [0.25, 0.3) is 0 Å². The van der Waals surface area contributed by atoms with E-state index >= 15 is 0 Å². The number of nitrogens with zero attached hydrogens (tertiary/aromatic N) is 1. The molecule has 3 heteroatoms. The molecule has 16 heavy (non-hydrogen) atoms. The third-order valence-electron chi connectivity index (χ3n) is 2.53. The van der Waals surface area contributed by atoms with Crippen molar-refractivity contribution in [2.24, 2.45) is 0 Å². The van der Waals surface area contributed by atoms with Gasteiger partial charge in [0, 0.05) is 12.4 Å². The summed E-state index contributed by atoms with van der Waals surface area (Å²) < 4.78 is 1.66. The van der Waals surface area contributed by atoms with Crippen LogP contribution in [-0.2, 0) is 11.2 Å². The van der Waals surface area contributed by atoms with Crippen molar-refractivity contribution in [2.75, 3.05) is 0 Å². The Morgan fingerprint density at radius 1 is 1.12 bits per heavy atom. The van der Waals surface area contributed by atoms with Crippen LogP contribution in [0, 0.1) is 0 Å². The molecule has 2 aromatic rings. The number of carbonyl (C=O) groups excluding carboxylic acids is 1. The molecule has 0 aliphatic heterocycles. The SMILES string of the molecule is O=C([O-])[C@@H](Cc1ccccc1)n1cccc1. The van der Waals surface area contributed by atoms with E-state index in [1.807, 2.05) is 30.3 Å². The van der Waals surface area contributed by atoms with Crippen LogP contribution in [0.2, 0.25) is 0 Å². The summed E-state index contributed by atoms with van der Waals surface area (Å²) in [6.45, 7) is 0. The molecule has 0 bridgehead atoms. The number of benzene rings is 1. The van der Waals surface area contributed by atoms with Gasteiger partial charge in [0.05, 0.1) is 12.0 Å². The zero-order valence-electron chi connectivity index (χ0n) is 8.74. The first-order valence-electron chi connectivity index (χ1n) is 5.14. The standard InChI is InChI=1S/C13H13NO2/c15-13(16)12(14-8-4-5-9-14)10-11-6-2-1-3-7-11/h1-9,12H,10H2,(H,15,16)/p-1/t12-/m1/s1. The predicted octanol–water partition coefficient (Wildman–Crippen LogP) is 1.02. The van der Waals surface area contributed by atoms with Crippen molar-refractivity contribution < 1.29 is 9.90 Å². The number of hydrogen-bond donors (Lipinski definition) is 0. The van der Waals surface area contributed by atoms with Gasteiger partial charge in [0.25, 0.3) is 0 Å². The molecule has 3 nitrogen and oxygen atoms in total. The molecule has 0 spiro atoms. The minimum absolute atomic E-state index is 0.442. The lowest BCUT2D eigenvalue weighted by Crippen LogP contribution is -2.34. The van der Waals surface area contributed by atoms with Crippen molar-refractivity contribution in [3.63, 3.8) is 0 Å². The molecule has 0 unspecified atom stereocenters. The lowest BCUT2D eigenvalue weighted by Gasteiger charge is -2.20. The average Bonchev–Trinajstić information content (AvgIpc) is 2.80. The van der Waals surface area contributed by atoms with Gasteiger partial charge in [0.15, 0.2) is 0 Å². The molecule has 2 rings (SSSR count). The van der Waals surface area contributed by atoms with Crippen molar-refractivity contribution >= 4 is 5.97 Å². The highest BCUT2D eigenvalue weighted by Gasteiger charge is 2.11. The van der Waals surface area contributed by atoms with E-state index in [2.05, 4.69) is 0 Å². The summed E-state index contributed by atoms with van der Waals surface area (Å²) in [7, 11) is 0. The number of aromatic nitrogens is 1. The summed E-state index contributed by atoms with van der Waals surface area (Å²) in [6, 6.07) is 12.5. The van der Waals surface area contributed by atoms with E-state index in [1.54, 1.807) is 29.1 Å². The fourth-order valence-electron chi connectivity index (χ4n) is 1.70. The molecule has 1 heterocycles. The van der Waals surface area contributed by atoms with Gasteiger partial charge in [0.1, 0.15) is 0 Å². The normalized spacial score (nSPS) is 12.2. The van der Waals surface area contributed by atoms with Gasteiger partial charge in [0.2, 0.25) is 0 Å². The predicted molar refractivity (Wildman–Crippen MR) is 58.6 cm³/mol. The first kappa shape index (κ1) is 10.5. The van der Waals surface area contributed by atoms with Crippen molar-refractivity contribution in [2.45, 2.75) is 12.5 Å². The second-order valence-corrected chi connectivity index (χ2v) is 3.65. The summed E-state index contributed by atoms with van der Waals surface area (Å²) in [5.74, 6) is -1.06. The molecule has 1 aromatic carbocycles. The van der Waals surface area contributed by atoms with Gasteiger partial charge < -0.3 is 14.5 Å². The second-order valence-electron chi connectivity index (χ2n) is 3.65. The van der Waals surface area contributed by atoms with Crippen LogP contribution >= 0.6 is 0 Å². The fraction of sp³-hybridized carbons (Fsp3) is 0.154. The third-order valence-corrected chi connectivity index (χ3v) is 2.53. The molecule has 0 saturated heterocycles. The first-order chi connectivity index (χ1) is 7.77. The topological polar surface area (TPSA) is 45.1 Å². The maximum Gasteiger partial charge on any atom is 0.0764 e. The Hall–Kier alpha value is -2.03. The van der Waals surface area contributed by atoms with E-state index in [4.69, 9.17) is 0 Å². The van der Waals surface area contributed by atoms with Gasteiger partial charge in [-0.15, -0.1) is 0 Å². The molecule has 0 aliphatic rings. The van der Waals surface area contributed by atoms with Crippen molar-refractivity contribution in [1.29, 1.82) is 0 Å². The number of carbonyl (C=O) groups is 1. The Kier molecular flexibility index (Phi) is 3.05. The number of rotatable bonds is 4. The van der Waals surface area contributed by atoms with Gasteiger partial charge in [-0.05, 0) is 24.1 Å². The van der Waals surface area contributed by atoms with E-state index in [9.17, 15) is 9.90 Å². The summed E-state index contributed by atoms with van der Waals surface area (Å²) in [5, 5.41) is 11.1. The highest BCUT2D eigenvalue weighted by atomic mass is 16.4. The molecule has 0 N–H and O–H groups in total. The van der Waals surface area contributed by atoms with E-state index in [0.29, 0.717) is 6.42 Å². The molecule has 0 amide bonds. The van der Waals surface area contributed by atoms with Crippen LogP contribution in [-0.4, -0.2) is 10.5 Å². The fourth-order valence-corrected chi connectivity index (χ4v) is 1.70. The third kappa shape index (κ3) is 2.31. The summed E-state index contributed by atoms with van der Waals surface area (Å²) >= 11 is 0. The zero-order chi connectivity index (χ0) is 11.4. The maximum absolute atomic E-state index is 11.1. The Morgan fingerprint density at radius 3 is 2.31 bits per heavy atom. The molecule has 0 saturated carbocycles. The minimum Gasteiger partial charge on any atom is -0.548 e. The molecular formula is C13H12NO2-. The van der Waals surface area contributed by atoms with Crippen molar-refractivity contribution in [3.8, 4) is 0 Å². The highest BCUT2D eigenvalue weighted by molar-refractivity contribution is 5.70. The van der Waals surface area contributed by atoms with Crippen LogP contribution in [0.15, 0.2) is 54.9 Å². The van der Waals surface area contributed by atoms with E-state index < -0.39 is 12.0 Å². The molecule has 82 valence electrons. The summed E-state index contributed by atoms with van der Waals surface area (Å²) in [4.78, 5) is 11.1. The Labute approximate surface area is 94.0 Å². The van der Waals surface area contributed by atoms with Gasteiger partial charge in [-0.25, -0.2) is 0 Å². The smallest absolute Gasteiger partial charge is 0.0764 e. The number of aliphatic carboxylic acids is 1. The molecule has 0 aliphatic carbocycles. The van der Waals surface area contributed by atoms with Crippen LogP contribution in [0.5, 0.6) is 0 Å². The zero-order valence-corrected chi connectivity index (χ0v) is 8.74. The van der Waals surface area contributed by atoms with Crippen LogP contribution in [0.1, 0.15) is 11.6 Å². The largest absolute Gasteiger partial charge is 0.548 e. The maximum atomic E-state index is 11.1. The minimum atomic E-state index is -1.06. The molecule has 0 fully saturated rings. The first-order valence-corrected chi connectivity index (χ1v) is 5.14. The van der Waals surface area contributed by atoms with Gasteiger partial charge in [-0.1, -0.05) is 30.3 Å². The number of hydrogen-bond acceptors (Lipinski definition) is 2. The molecule has 0 radical (unpaired) electrons. The van der Waals surface area contributed by atoms with Gasteiger partial charge >= 0.3 is 0 Å². The number of carboxylic acid groups (broad SMARTS) is 1. The lowest BCUT2D eigenvalue weighted by atomic mass is 10.1. The lowest BCUT2D eigenvalue weighted by molar-refractivity contribution is -0.310. The Bertz CT molecular complexity index is 448. The van der Waals surface area contributed by atoms with Gasteiger partial charge in [-0.2, -0.15) is 0 Å². The second kappa shape index (κ2) is 4.66. The Balaban J connectivity index is 2.19. The quantitative estimate of drug-likeness (QED) is 0.762. The summed E-state index contributed by atoms with van der Waals surface area (Å²) in [5.41, 5.74) is 0.991. The van der Waals surface area contributed by atoms with Gasteiger partial charge in [-0.3, -0.25) is 0 Å². The van der Waals surface area contributed by atoms with Crippen LogP contribution in [0.3, 0.4) is 0 Å². The monoisotopic (exact) mass is 214 g/mol. The number of carboxylic acids is 1.